The summed E-state index contributed by atoms with van der Waals surface area (Å²) in [6, 6.07) is 3.63. The summed E-state index contributed by atoms with van der Waals surface area (Å²) in [5.41, 5.74) is 1.12. The molecule has 0 radical (unpaired) electrons. The number of carbonyl (C=O) groups excluding carboxylic acids is 2. The van der Waals surface area contributed by atoms with E-state index in [-0.39, 0.29) is 23.8 Å². The summed E-state index contributed by atoms with van der Waals surface area (Å²) in [4.78, 5) is 28.8. The quantitative estimate of drug-likeness (QED) is 0.231. The first kappa shape index (κ1) is 28.5. The predicted octanol–water partition coefficient (Wildman–Crippen LogP) is 4.97. The third kappa shape index (κ3) is 6.91. The third-order valence-corrected chi connectivity index (χ3v) is 8.18. The average molecular weight is 533 g/mol. The van der Waals surface area contributed by atoms with Gasteiger partial charge in [0.1, 0.15) is 28.8 Å². The molecule has 0 aromatic heterocycles. The smallest absolute Gasteiger partial charge is 0.410 e. The number of nitrogens with zero attached hydrogens (tertiary/aromatic N) is 2. The Morgan fingerprint density at radius 3 is 2.32 bits per heavy atom. The number of benzene rings is 1. The number of hydrogen-bond acceptors (Lipinski definition) is 8. The molecule has 3 heterocycles. The molecule has 2 fully saturated rings. The van der Waals surface area contributed by atoms with Crippen molar-refractivity contribution in [2.75, 3.05) is 60.7 Å². The van der Waals surface area contributed by atoms with Crippen LogP contribution in [0.25, 0.3) is 0 Å². The Morgan fingerprint density at radius 1 is 0.921 bits per heavy atom. The fourth-order valence-corrected chi connectivity index (χ4v) is 5.89. The van der Waals surface area contributed by atoms with Crippen molar-refractivity contribution < 1.29 is 33.3 Å². The van der Waals surface area contributed by atoms with Crippen LogP contribution in [0.3, 0.4) is 0 Å². The molecule has 2 saturated heterocycles. The second kappa shape index (κ2) is 13.5. The van der Waals surface area contributed by atoms with E-state index in [0.29, 0.717) is 36.8 Å². The molecule has 1 aromatic rings. The van der Waals surface area contributed by atoms with E-state index >= 15 is 0 Å². The molecule has 3 aliphatic heterocycles. The van der Waals surface area contributed by atoms with Gasteiger partial charge in [-0.15, -0.1) is 0 Å². The van der Waals surface area contributed by atoms with E-state index in [1.165, 1.54) is 32.1 Å². The monoisotopic (exact) mass is 532 g/mol. The molecule has 1 atom stereocenters. The van der Waals surface area contributed by atoms with Gasteiger partial charge in [-0.05, 0) is 31.9 Å². The molecule has 0 N–H and O–H groups in total. The number of methoxy groups -OCH3 is 3. The maximum Gasteiger partial charge on any atom is 0.410 e. The molecule has 0 aliphatic carbocycles. The summed E-state index contributed by atoms with van der Waals surface area (Å²) in [5, 5.41) is 0. The van der Waals surface area contributed by atoms with Gasteiger partial charge in [0, 0.05) is 51.2 Å². The van der Waals surface area contributed by atoms with Crippen LogP contribution in [0.1, 0.15) is 86.2 Å². The molecule has 3 aliphatic rings. The molecule has 1 spiro atoms. The lowest BCUT2D eigenvalue weighted by Crippen LogP contribution is -2.47. The number of esters is 1. The predicted molar refractivity (Wildman–Crippen MR) is 143 cm³/mol. The van der Waals surface area contributed by atoms with Crippen molar-refractivity contribution in [3.05, 3.63) is 23.3 Å². The largest absolute Gasteiger partial charge is 0.497 e. The highest BCUT2D eigenvalue weighted by Crippen LogP contribution is 2.41. The molecular formula is C29H44N2O7. The minimum absolute atomic E-state index is 0.190. The number of likely N-dealkylation sites (tertiary alicyclic amines) is 1. The third-order valence-electron chi connectivity index (χ3n) is 8.18. The van der Waals surface area contributed by atoms with Crippen LogP contribution < -0.4 is 9.47 Å². The van der Waals surface area contributed by atoms with E-state index < -0.39 is 0 Å². The fourth-order valence-electron chi connectivity index (χ4n) is 5.89. The average Bonchev–Trinajstić information content (AvgIpc) is 3.42. The van der Waals surface area contributed by atoms with Crippen LogP contribution in [-0.2, 0) is 14.2 Å². The molecule has 212 valence electrons. The number of amides is 1. The zero-order valence-corrected chi connectivity index (χ0v) is 23.3. The van der Waals surface area contributed by atoms with Crippen LogP contribution in [0, 0.1) is 0 Å². The van der Waals surface area contributed by atoms with Gasteiger partial charge >= 0.3 is 12.1 Å². The number of piperidine rings is 1. The van der Waals surface area contributed by atoms with Crippen LogP contribution in [0.4, 0.5) is 4.79 Å². The van der Waals surface area contributed by atoms with Gasteiger partial charge in [-0.2, -0.15) is 0 Å². The summed E-state index contributed by atoms with van der Waals surface area (Å²) in [6.45, 7) is 4.97. The first-order valence-corrected chi connectivity index (χ1v) is 14.1. The van der Waals surface area contributed by atoms with Crippen molar-refractivity contribution in [3.63, 3.8) is 0 Å². The van der Waals surface area contributed by atoms with Gasteiger partial charge in [-0.1, -0.05) is 32.1 Å². The van der Waals surface area contributed by atoms with Crippen LogP contribution in [0.5, 0.6) is 11.5 Å². The lowest BCUT2D eigenvalue weighted by molar-refractivity contribution is 0.000367. The van der Waals surface area contributed by atoms with E-state index in [0.717, 1.165) is 57.3 Å². The first-order valence-electron chi connectivity index (χ1n) is 14.1. The number of ether oxygens (including phenoxy) is 5. The van der Waals surface area contributed by atoms with Gasteiger partial charge in [0.25, 0.3) is 0 Å². The minimum Gasteiger partial charge on any atom is -0.497 e. The van der Waals surface area contributed by atoms with Crippen LogP contribution >= 0.6 is 0 Å². The second-order valence-corrected chi connectivity index (χ2v) is 10.8. The molecule has 1 aromatic carbocycles. The lowest BCUT2D eigenvalue weighted by atomic mass is 9.91. The number of carbonyl (C=O) groups is 2. The molecule has 4 rings (SSSR count). The topological polar surface area (TPSA) is 86.8 Å². The molecular weight excluding hydrogens is 488 g/mol. The summed E-state index contributed by atoms with van der Waals surface area (Å²) in [7, 11) is 4.83. The van der Waals surface area contributed by atoms with Gasteiger partial charge in [0.15, 0.2) is 0 Å². The lowest BCUT2D eigenvalue weighted by Gasteiger charge is -2.37. The van der Waals surface area contributed by atoms with Crippen molar-refractivity contribution in [3.8, 4) is 11.5 Å². The molecule has 1 unspecified atom stereocenters. The number of unbranched alkanes of at least 4 members (excludes halogenated alkanes) is 6. The van der Waals surface area contributed by atoms with Crippen molar-refractivity contribution in [2.24, 2.45) is 0 Å². The highest BCUT2D eigenvalue weighted by Gasteiger charge is 2.46. The van der Waals surface area contributed by atoms with Crippen molar-refractivity contribution in [1.82, 2.24) is 9.80 Å². The van der Waals surface area contributed by atoms with Crippen molar-refractivity contribution in [1.29, 1.82) is 0 Å². The number of cyclic esters (lactones) is 1. The number of rotatable bonds is 15. The van der Waals surface area contributed by atoms with Gasteiger partial charge in [0.05, 0.1) is 27.4 Å². The Labute approximate surface area is 226 Å². The molecule has 38 heavy (non-hydrogen) atoms. The fraction of sp³-hybridized carbons (Fsp3) is 0.724. The summed E-state index contributed by atoms with van der Waals surface area (Å²) >= 11 is 0. The Hall–Kier alpha value is -2.52. The Balaban J connectivity index is 1.05. The Kier molecular flexibility index (Phi) is 10.1. The normalized spacial score (nSPS) is 20.5. The molecule has 9 nitrogen and oxygen atoms in total. The van der Waals surface area contributed by atoms with E-state index in [1.807, 2.05) is 6.07 Å². The van der Waals surface area contributed by atoms with E-state index in [4.69, 9.17) is 23.7 Å². The van der Waals surface area contributed by atoms with Gasteiger partial charge in [0.2, 0.25) is 0 Å². The zero-order valence-electron chi connectivity index (χ0n) is 23.3. The molecule has 1 amide bonds. The highest BCUT2D eigenvalue weighted by molar-refractivity contribution is 5.97. The number of hydrogen-bond donors (Lipinski definition) is 0. The zero-order chi connectivity index (χ0) is 27.0. The highest BCUT2D eigenvalue weighted by atomic mass is 16.6. The SMILES string of the molecule is COCCN1CC2(CCN(CCCCCCCCCC3OC(=O)c4c(OC)cc(OC)cc43)CC2)OC1=O. The molecule has 9 heteroatoms. The van der Waals surface area contributed by atoms with Gasteiger partial charge in [-0.25, -0.2) is 9.59 Å². The van der Waals surface area contributed by atoms with Gasteiger partial charge in [-0.3, -0.25) is 0 Å². The second-order valence-electron chi connectivity index (χ2n) is 10.8. The Morgan fingerprint density at radius 2 is 1.63 bits per heavy atom. The van der Waals surface area contributed by atoms with E-state index in [9.17, 15) is 9.59 Å². The maximum atomic E-state index is 12.4. The van der Waals surface area contributed by atoms with Crippen LogP contribution in [0.2, 0.25) is 0 Å². The number of fused-ring (bicyclic) bond motifs is 1. The maximum absolute atomic E-state index is 12.4. The van der Waals surface area contributed by atoms with Crippen molar-refractivity contribution >= 4 is 12.1 Å². The standard InChI is InChI=1S/C29H44N2O7/c1-34-18-17-31-21-29(38-28(31)33)12-15-30(16-13-29)14-10-8-6-4-5-7-9-11-24-23-19-22(35-2)20-25(36-3)26(23)27(32)37-24/h19-20,24H,4-18,21H2,1-3H3. The van der Waals surface area contributed by atoms with Crippen LogP contribution in [-0.4, -0.2) is 88.1 Å². The molecule has 0 saturated carbocycles. The van der Waals surface area contributed by atoms with E-state index in [1.54, 1.807) is 32.3 Å². The Bertz CT molecular complexity index is 945. The minimum atomic E-state index is -0.304. The van der Waals surface area contributed by atoms with Crippen LogP contribution in [0.15, 0.2) is 12.1 Å². The summed E-state index contributed by atoms with van der Waals surface area (Å²) in [5.74, 6) is 0.892. The van der Waals surface area contributed by atoms with Crippen molar-refractivity contribution in [2.45, 2.75) is 75.9 Å². The van der Waals surface area contributed by atoms with Gasteiger partial charge < -0.3 is 33.5 Å². The molecule has 0 bridgehead atoms. The van der Waals surface area contributed by atoms with E-state index in [2.05, 4.69) is 4.90 Å². The summed E-state index contributed by atoms with van der Waals surface area (Å²) in [6.07, 6.45) is 10.6. The first-order chi connectivity index (χ1) is 18.5. The summed E-state index contributed by atoms with van der Waals surface area (Å²) < 4.78 is 27.3.